The van der Waals surface area contributed by atoms with Gasteiger partial charge in [-0.1, -0.05) is 0 Å². The summed E-state index contributed by atoms with van der Waals surface area (Å²) >= 11 is 0. The fourth-order valence-corrected chi connectivity index (χ4v) is 1.06. The first-order chi connectivity index (χ1) is 5.18. The zero-order chi connectivity index (χ0) is 8.74. The lowest BCUT2D eigenvalue weighted by Crippen LogP contribution is -2.33. The molecular formula is C7H17NO3. The van der Waals surface area contributed by atoms with Gasteiger partial charge in [0.1, 0.15) is 0 Å². The van der Waals surface area contributed by atoms with Crippen LogP contribution in [0.5, 0.6) is 0 Å². The van der Waals surface area contributed by atoms with Crippen LogP contribution in [0.1, 0.15) is 19.3 Å². The van der Waals surface area contributed by atoms with Gasteiger partial charge in [-0.25, -0.2) is 0 Å². The molecule has 11 heavy (non-hydrogen) atoms. The van der Waals surface area contributed by atoms with E-state index in [2.05, 4.69) is 0 Å². The molecule has 68 valence electrons. The topological polar surface area (TPSA) is 86.7 Å². The largest absolute Gasteiger partial charge is 0.396 e. The van der Waals surface area contributed by atoms with Gasteiger partial charge in [-0.2, -0.15) is 0 Å². The Kier molecular flexibility index (Phi) is 5.41. The minimum atomic E-state index is -0.974. The Hall–Kier alpha value is -0.160. The Morgan fingerprint density at radius 1 is 1.00 bits per heavy atom. The van der Waals surface area contributed by atoms with Crippen LogP contribution in [-0.2, 0) is 0 Å². The van der Waals surface area contributed by atoms with Crippen molar-refractivity contribution in [1.29, 1.82) is 0 Å². The quantitative estimate of drug-likeness (QED) is 0.397. The van der Waals surface area contributed by atoms with Crippen molar-refractivity contribution in [3.63, 3.8) is 0 Å². The molecule has 0 radical (unpaired) electrons. The van der Waals surface area contributed by atoms with Crippen molar-refractivity contribution in [3.8, 4) is 0 Å². The fraction of sp³-hybridized carbons (Fsp3) is 1.00. The molecule has 4 nitrogen and oxygen atoms in total. The highest BCUT2D eigenvalue weighted by molar-refractivity contribution is 4.77. The lowest BCUT2D eigenvalue weighted by atomic mass is 9.92. The molecule has 0 aliphatic rings. The van der Waals surface area contributed by atoms with Crippen LogP contribution in [0.3, 0.4) is 0 Å². The Bertz CT molecular complexity index is 80.7. The monoisotopic (exact) mass is 163 g/mol. The maximum Gasteiger partial charge on any atom is 0.0703 e. The van der Waals surface area contributed by atoms with Crippen molar-refractivity contribution in [2.45, 2.75) is 24.9 Å². The summed E-state index contributed by atoms with van der Waals surface area (Å²) in [4.78, 5) is 0. The van der Waals surface area contributed by atoms with Gasteiger partial charge < -0.3 is 21.1 Å². The molecule has 0 spiro atoms. The maximum atomic E-state index is 9.61. The third-order valence-electron chi connectivity index (χ3n) is 1.76. The average molecular weight is 163 g/mol. The molecule has 0 heterocycles. The summed E-state index contributed by atoms with van der Waals surface area (Å²) in [7, 11) is 0. The van der Waals surface area contributed by atoms with E-state index in [4.69, 9.17) is 15.9 Å². The molecule has 0 amide bonds. The SMILES string of the molecule is NCCC(O)(CCO)CCO. The molecule has 0 aromatic carbocycles. The second-order valence-electron chi connectivity index (χ2n) is 2.71. The zero-order valence-electron chi connectivity index (χ0n) is 6.66. The fourth-order valence-electron chi connectivity index (χ4n) is 1.06. The summed E-state index contributed by atoms with van der Waals surface area (Å²) in [5, 5.41) is 26.8. The highest BCUT2D eigenvalue weighted by Gasteiger charge is 2.24. The van der Waals surface area contributed by atoms with E-state index in [1.807, 2.05) is 0 Å². The van der Waals surface area contributed by atoms with Crippen LogP contribution in [0, 0.1) is 0 Å². The minimum absolute atomic E-state index is 0.0729. The first-order valence-electron chi connectivity index (χ1n) is 3.82. The van der Waals surface area contributed by atoms with Gasteiger partial charge in [0.25, 0.3) is 0 Å². The second kappa shape index (κ2) is 5.49. The number of nitrogens with two attached hydrogens (primary N) is 1. The summed E-state index contributed by atoms with van der Waals surface area (Å²) in [5.74, 6) is 0. The van der Waals surface area contributed by atoms with Crippen molar-refractivity contribution in [1.82, 2.24) is 0 Å². The molecule has 0 fully saturated rings. The van der Waals surface area contributed by atoms with E-state index in [1.54, 1.807) is 0 Å². The van der Waals surface area contributed by atoms with Crippen LogP contribution in [-0.4, -0.2) is 40.7 Å². The summed E-state index contributed by atoms with van der Waals surface area (Å²) in [6, 6.07) is 0. The van der Waals surface area contributed by atoms with Crippen LogP contribution < -0.4 is 5.73 Å². The van der Waals surface area contributed by atoms with E-state index in [9.17, 15) is 5.11 Å². The Labute approximate surface area is 66.7 Å². The van der Waals surface area contributed by atoms with Crippen LogP contribution >= 0.6 is 0 Å². The second-order valence-corrected chi connectivity index (χ2v) is 2.71. The van der Waals surface area contributed by atoms with E-state index < -0.39 is 5.60 Å². The normalized spacial score (nSPS) is 12.0. The molecule has 0 saturated carbocycles. The van der Waals surface area contributed by atoms with Crippen LogP contribution in [0.15, 0.2) is 0 Å². The molecule has 0 rings (SSSR count). The minimum Gasteiger partial charge on any atom is -0.396 e. The number of rotatable bonds is 6. The molecule has 0 aliphatic carbocycles. The average Bonchev–Trinajstić information content (AvgIpc) is 1.88. The number of aliphatic hydroxyl groups is 3. The van der Waals surface area contributed by atoms with Gasteiger partial charge in [-0.05, 0) is 25.8 Å². The first-order valence-corrected chi connectivity index (χ1v) is 3.82. The molecule has 0 aromatic heterocycles. The van der Waals surface area contributed by atoms with Gasteiger partial charge in [0.05, 0.1) is 5.60 Å². The van der Waals surface area contributed by atoms with Crippen molar-refractivity contribution in [2.75, 3.05) is 19.8 Å². The van der Waals surface area contributed by atoms with Gasteiger partial charge in [-0.15, -0.1) is 0 Å². The van der Waals surface area contributed by atoms with E-state index in [0.717, 1.165) is 0 Å². The van der Waals surface area contributed by atoms with E-state index >= 15 is 0 Å². The van der Waals surface area contributed by atoms with Crippen molar-refractivity contribution in [3.05, 3.63) is 0 Å². The van der Waals surface area contributed by atoms with E-state index in [1.165, 1.54) is 0 Å². The van der Waals surface area contributed by atoms with E-state index in [0.29, 0.717) is 13.0 Å². The van der Waals surface area contributed by atoms with Gasteiger partial charge in [-0.3, -0.25) is 0 Å². The predicted octanol–water partition coefficient (Wildman–Crippen LogP) is -1.17. The Morgan fingerprint density at radius 2 is 1.45 bits per heavy atom. The number of hydrogen-bond donors (Lipinski definition) is 4. The summed E-state index contributed by atoms with van der Waals surface area (Å²) in [6.07, 6.45) is 0.990. The highest BCUT2D eigenvalue weighted by Crippen LogP contribution is 2.17. The summed E-state index contributed by atoms with van der Waals surface area (Å²) < 4.78 is 0. The molecule has 0 bridgehead atoms. The smallest absolute Gasteiger partial charge is 0.0703 e. The standard InChI is InChI=1S/C7H17NO3/c8-4-1-7(11,2-5-9)3-6-10/h9-11H,1-6,8H2. The molecule has 0 aromatic rings. The van der Waals surface area contributed by atoms with Crippen LogP contribution in [0.2, 0.25) is 0 Å². The Morgan fingerprint density at radius 3 is 1.73 bits per heavy atom. The maximum absolute atomic E-state index is 9.61. The molecule has 0 aliphatic heterocycles. The van der Waals surface area contributed by atoms with Crippen molar-refractivity contribution in [2.24, 2.45) is 5.73 Å². The van der Waals surface area contributed by atoms with Crippen molar-refractivity contribution >= 4 is 0 Å². The van der Waals surface area contributed by atoms with Gasteiger partial charge >= 0.3 is 0 Å². The van der Waals surface area contributed by atoms with Gasteiger partial charge in [0.2, 0.25) is 0 Å². The molecule has 5 N–H and O–H groups in total. The van der Waals surface area contributed by atoms with Gasteiger partial charge in [0, 0.05) is 13.2 Å². The summed E-state index contributed by atoms with van der Waals surface area (Å²) in [5.41, 5.74) is 4.28. The van der Waals surface area contributed by atoms with Crippen molar-refractivity contribution < 1.29 is 15.3 Å². The lowest BCUT2D eigenvalue weighted by Gasteiger charge is -2.25. The zero-order valence-corrected chi connectivity index (χ0v) is 6.66. The first kappa shape index (κ1) is 10.8. The molecular weight excluding hydrogens is 146 g/mol. The Balaban J connectivity index is 3.79. The lowest BCUT2D eigenvalue weighted by molar-refractivity contribution is -0.00995. The molecule has 0 saturated heterocycles. The third-order valence-corrected chi connectivity index (χ3v) is 1.76. The third kappa shape index (κ3) is 4.31. The highest BCUT2D eigenvalue weighted by atomic mass is 16.3. The van der Waals surface area contributed by atoms with Crippen LogP contribution in [0.4, 0.5) is 0 Å². The molecule has 4 heteroatoms. The summed E-state index contributed by atoms with van der Waals surface area (Å²) in [6.45, 7) is 0.226. The van der Waals surface area contributed by atoms with E-state index in [-0.39, 0.29) is 26.1 Å². The molecule has 0 atom stereocenters. The molecule has 0 unspecified atom stereocenters. The van der Waals surface area contributed by atoms with Crippen LogP contribution in [0.25, 0.3) is 0 Å². The van der Waals surface area contributed by atoms with Gasteiger partial charge in [0.15, 0.2) is 0 Å². The number of hydrogen-bond acceptors (Lipinski definition) is 4. The predicted molar refractivity (Wildman–Crippen MR) is 42.0 cm³/mol. The number of aliphatic hydroxyl groups excluding tert-OH is 2.